The van der Waals surface area contributed by atoms with E-state index in [9.17, 15) is 9.59 Å². The van der Waals surface area contributed by atoms with Crippen LogP contribution in [0.15, 0.2) is 84.3 Å². The Morgan fingerprint density at radius 2 is 1.92 bits per heavy atom. The number of imide groups is 1. The number of pyridine rings is 1. The summed E-state index contributed by atoms with van der Waals surface area (Å²) in [5.74, 6) is 0.500. The smallest absolute Gasteiger partial charge is 0.259 e. The number of hydrogen-bond donors (Lipinski definition) is 1. The zero-order valence-corrected chi connectivity index (χ0v) is 22.5. The van der Waals surface area contributed by atoms with Gasteiger partial charge in [-0.05, 0) is 59.9 Å². The molecule has 2 aliphatic rings. The zero-order chi connectivity index (χ0) is 27.1. The predicted octanol–water partition coefficient (Wildman–Crippen LogP) is 5.86. The molecule has 2 aromatic heterocycles. The van der Waals surface area contributed by atoms with Crippen molar-refractivity contribution < 1.29 is 14.3 Å². The summed E-state index contributed by atoms with van der Waals surface area (Å²) in [5.41, 5.74) is 6.44. The lowest BCUT2D eigenvalue weighted by Crippen LogP contribution is -2.33. The number of carbonyl (C=O) groups excluding carboxylic acids is 2. The molecule has 2 amide bonds. The number of amides is 2. The molecule has 0 spiro atoms. The summed E-state index contributed by atoms with van der Waals surface area (Å²) in [6.07, 6.45) is 5.01. The molecule has 2 aromatic carbocycles. The maximum atomic E-state index is 13.7. The lowest BCUT2D eigenvalue weighted by Gasteiger charge is -2.20. The van der Waals surface area contributed by atoms with Gasteiger partial charge in [0.15, 0.2) is 0 Å². The third-order valence-corrected chi connectivity index (χ3v) is 7.59. The van der Waals surface area contributed by atoms with Gasteiger partial charge in [-0.1, -0.05) is 38.1 Å². The minimum Gasteiger partial charge on any atom is -0.487 e. The van der Waals surface area contributed by atoms with Crippen LogP contribution in [0.2, 0.25) is 0 Å². The van der Waals surface area contributed by atoms with Gasteiger partial charge in [0.1, 0.15) is 12.4 Å². The number of hydrogen-bond acceptors (Lipinski definition) is 5. The van der Waals surface area contributed by atoms with Gasteiger partial charge in [-0.3, -0.25) is 19.5 Å². The lowest BCUT2D eigenvalue weighted by atomic mass is 9.84. The molecule has 0 aliphatic carbocycles. The molecule has 4 heterocycles. The lowest BCUT2D eigenvalue weighted by molar-refractivity contribution is -0.139. The van der Waals surface area contributed by atoms with Crippen molar-refractivity contribution in [2.45, 2.75) is 46.3 Å². The predicted molar refractivity (Wildman–Crippen MR) is 151 cm³/mol. The number of benzene rings is 2. The number of aryl methyl sites for hydroxylation is 1. The Labute approximate surface area is 228 Å². The van der Waals surface area contributed by atoms with Crippen LogP contribution in [-0.2, 0) is 22.7 Å². The first-order valence-corrected chi connectivity index (χ1v) is 13.5. The normalized spacial score (nSPS) is 16.5. The Morgan fingerprint density at radius 3 is 2.64 bits per heavy atom. The Kier molecular flexibility index (Phi) is 6.43. The molecule has 6 rings (SSSR count). The molecule has 0 bridgehead atoms. The minimum absolute atomic E-state index is 0.235. The monoisotopic (exact) mass is 520 g/mol. The Hall–Kier alpha value is -4.39. The molecule has 0 fully saturated rings. The van der Waals surface area contributed by atoms with E-state index in [0.29, 0.717) is 18.1 Å². The van der Waals surface area contributed by atoms with E-state index in [1.165, 1.54) is 11.8 Å². The Bertz CT molecular complexity index is 1590. The molecular formula is C32H32N4O3. The molecule has 39 heavy (non-hydrogen) atoms. The molecule has 7 nitrogen and oxygen atoms in total. The van der Waals surface area contributed by atoms with Crippen LogP contribution in [0.25, 0.3) is 10.9 Å². The highest BCUT2D eigenvalue weighted by molar-refractivity contribution is 6.11. The SMILES string of the molecule is CC(=O)N1CC2=C(C1=O)C(c1ccc(OCc3ccccn3)cc1)c1cn(CCC(C)C)c3cccc(c13)N2. The van der Waals surface area contributed by atoms with Crippen molar-refractivity contribution >= 4 is 28.4 Å². The highest BCUT2D eigenvalue weighted by Crippen LogP contribution is 2.46. The van der Waals surface area contributed by atoms with Gasteiger partial charge in [0, 0.05) is 48.6 Å². The molecule has 0 radical (unpaired) electrons. The average Bonchev–Trinajstić information content (AvgIpc) is 3.42. The average molecular weight is 521 g/mol. The standard InChI is InChI=1S/C32H32N4O3/c1-20(2)14-16-35-17-25-29(22-10-12-24(13-11-22)39-19-23-7-4-5-15-33-23)31-27(18-36(21(3)37)32(31)38)34-26-8-6-9-28(35)30(25)26/h4-13,15,17,20,29,34H,14,16,18-19H2,1-3H3. The van der Waals surface area contributed by atoms with E-state index in [4.69, 9.17) is 4.74 Å². The van der Waals surface area contributed by atoms with Crippen LogP contribution in [0.3, 0.4) is 0 Å². The molecule has 0 saturated carbocycles. The summed E-state index contributed by atoms with van der Waals surface area (Å²) in [7, 11) is 0. The maximum absolute atomic E-state index is 13.7. The third kappa shape index (κ3) is 4.58. The molecule has 1 N–H and O–H groups in total. The summed E-state index contributed by atoms with van der Waals surface area (Å²) in [6, 6.07) is 19.9. The highest BCUT2D eigenvalue weighted by Gasteiger charge is 2.41. The summed E-state index contributed by atoms with van der Waals surface area (Å²) >= 11 is 0. The van der Waals surface area contributed by atoms with Crippen LogP contribution < -0.4 is 10.1 Å². The van der Waals surface area contributed by atoms with Crippen molar-refractivity contribution in [1.29, 1.82) is 0 Å². The van der Waals surface area contributed by atoms with Crippen LogP contribution in [0.4, 0.5) is 5.69 Å². The van der Waals surface area contributed by atoms with Crippen LogP contribution in [0.5, 0.6) is 5.75 Å². The summed E-state index contributed by atoms with van der Waals surface area (Å²) in [6.45, 7) is 7.42. The number of nitrogens with one attached hydrogen (secondary N) is 1. The molecule has 1 atom stereocenters. The quantitative estimate of drug-likeness (QED) is 0.330. The van der Waals surface area contributed by atoms with Crippen LogP contribution in [-0.4, -0.2) is 32.8 Å². The van der Waals surface area contributed by atoms with E-state index in [-0.39, 0.29) is 24.3 Å². The molecule has 2 aliphatic heterocycles. The van der Waals surface area contributed by atoms with E-state index in [1.54, 1.807) is 6.20 Å². The van der Waals surface area contributed by atoms with E-state index in [2.05, 4.69) is 47.0 Å². The first-order valence-electron chi connectivity index (χ1n) is 13.5. The van der Waals surface area contributed by atoms with Crippen molar-refractivity contribution in [2.24, 2.45) is 5.92 Å². The molecule has 0 saturated heterocycles. The number of anilines is 1. The topological polar surface area (TPSA) is 76.5 Å². The van der Waals surface area contributed by atoms with Crippen molar-refractivity contribution in [3.8, 4) is 5.75 Å². The largest absolute Gasteiger partial charge is 0.487 e. The molecule has 198 valence electrons. The van der Waals surface area contributed by atoms with Gasteiger partial charge >= 0.3 is 0 Å². The van der Waals surface area contributed by atoms with Gasteiger partial charge < -0.3 is 14.6 Å². The van der Waals surface area contributed by atoms with Crippen LogP contribution in [0.1, 0.15) is 49.9 Å². The van der Waals surface area contributed by atoms with Gasteiger partial charge in [0.25, 0.3) is 5.91 Å². The number of carbonyl (C=O) groups is 2. The second-order valence-electron chi connectivity index (χ2n) is 10.7. The molecule has 4 aromatic rings. The summed E-state index contributed by atoms with van der Waals surface area (Å²) in [5, 5.41) is 4.67. The van der Waals surface area contributed by atoms with Crippen LogP contribution in [0, 0.1) is 5.92 Å². The number of ether oxygens (including phenoxy) is 1. The van der Waals surface area contributed by atoms with Gasteiger partial charge in [0.05, 0.1) is 23.3 Å². The van der Waals surface area contributed by atoms with E-state index >= 15 is 0 Å². The van der Waals surface area contributed by atoms with Crippen molar-refractivity contribution in [2.75, 3.05) is 11.9 Å². The first kappa shape index (κ1) is 24.9. The second-order valence-corrected chi connectivity index (χ2v) is 10.7. The van der Waals surface area contributed by atoms with Gasteiger partial charge in [-0.2, -0.15) is 0 Å². The van der Waals surface area contributed by atoms with Gasteiger partial charge in [-0.25, -0.2) is 0 Å². The van der Waals surface area contributed by atoms with E-state index < -0.39 is 0 Å². The van der Waals surface area contributed by atoms with Gasteiger partial charge in [0.2, 0.25) is 5.91 Å². The van der Waals surface area contributed by atoms with E-state index in [1.807, 2.05) is 48.5 Å². The number of rotatable bonds is 7. The van der Waals surface area contributed by atoms with Gasteiger partial charge in [-0.15, -0.1) is 0 Å². The highest BCUT2D eigenvalue weighted by atomic mass is 16.5. The fourth-order valence-electron chi connectivity index (χ4n) is 5.60. The fourth-order valence-corrected chi connectivity index (χ4v) is 5.60. The molecule has 1 unspecified atom stereocenters. The maximum Gasteiger partial charge on any atom is 0.259 e. The van der Waals surface area contributed by atoms with Crippen molar-refractivity contribution in [3.63, 3.8) is 0 Å². The van der Waals surface area contributed by atoms with Crippen molar-refractivity contribution in [1.82, 2.24) is 14.5 Å². The summed E-state index contributed by atoms with van der Waals surface area (Å²) in [4.78, 5) is 31.7. The van der Waals surface area contributed by atoms with E-state index in [0.717, 1.165) is 57.8 Å². The number of nitrogens with zero attached hydrogens (tertiary/aromatic N) is 3. The third-order valence-electron chi connectivity index (χ3n) is 7.59. The minimum atomic E-state index is -0.319. The molecule has 7 heteroatoms. The Morgan fingerprint density at radius 1 is 1.10 bits per heavy atom. The van der Waals surface area contributed by atoms with Crippen LogP contribution >= 0.6 is 0 Å². The number of aromatic nitrogens is 2. The molecular weight excluding hydrogens is 488 g/mol. The summed E-state index contributed by atoms with van der Waals surface area (Å²) < 4.78 is 8.28. The zero-order valence-electron chi connectivity index (χ0n) is 22.5. The van der Waals surface area contributed by atoms with Crippen molar-refractivity contribution in [3.05, 3.63) is 101 Å². The first-order chi connectivity index (χ1) is 18.9. The second kappa shape index (κ2) is 10.1. The Balaban J connectivity index is 1.43. The fraction of sp³-hybridized carbons (Fsp3) is 0.281.